The van der Waals surface area contributed by atoms with Gasteiger partial charge in [0.15, 0.2) is 11.5 Å². The van der Waals surface area contributed by atoms with Crippen LogP contribution in [0.4, 0.5) is 0 Å². The van der Waals surface area contributed by atoms with E-state index in [1.165, 1.54) is 19.3 Å². The monoisotopic (exact) mass is 671 g/mol. The Morgan fingerprint density at radius 1 is 0.975 bits per heavy atom. The highest BCUT2D eigenvalue weighted by atomic mass is 79.9. The highest BCUT2D eigenvalue weighted by molar-refractivity contribution is 9.11. The van der Waals surface area contributed by atoms with Crippen LogP contribution < -0.4 is 9.47 Å². The summed E-state index contributed by atoms with van der Waals surface area (Å²) in [6.07, 6.45) is 3.62. The number of benzene rings is 3. The number of piperidine rings is 1. The van der Waals surface area contributed by atoms with Gasteiger partial charge in [-0.15, -0.1) is 0 Å². The molecule has 212 valence electrons. The molecule has 3 aromatic rings. The third-order valence-electron chi connectivity index (χ3n) is 7.00. The Morgan fingerprint density at radius 2 is 1.68 bits per heavy atom. The van der Waals surface area contributed by atoms with Gasteiger partial charge in [0.1, 0.15) is 18.1 Å². The molecule has 6 nitrogen and oxygen atoms in total. The summed E-state index contributed by atoms with van der Waals surface area (Å²) in [6, 6.07) is 14.6. The van der Waals surface area contributed by atoms with Gasteiger partial charge < -0.3 is 14.6 Å². The number of carbonyl (C=O) groups excluding carboxylic acids is 1. The molecule has 1 heterocycles. The molecule has 1 aliphatic rings. The molecule has 4 rings (SSSR count). The van der Waals surface area contributed by atoms with Gasteiger partial charge in [0.25, 0.3) is 0 Å². The third kappa shape index (κ3) is 7.74. The summed E-state index contributed by atoms with van der Waals surface area (Å²) >= 11 is 7.07. The van der Waals surface area contributed by atoms with E-state index in [4.69, 9.17) is 9.47 Å². The molecule has 40 heavy (non-hydrogen) atoms. The van der Waals surface area contributed by atoms with Crippen LogP contribution in [0.25, 0.3) is 0 Å². The summed E-state index contributed by atoms with van der Waals surface area (Å²) in [4.78, 5) is 27.5. The van der Waals surface area contributed by atoms with Crippen molar-refractivity contribution in [3.05, 3.63) is 85.3 Å². The Hall–Kier alpha value is -2.68. The Balaban J connectivity index is 1.73. The van der Waals surface area contributed by atoms with E-state index in [0.717, 1.165) is 30.8 Å². The lowest BCUT2D eigenvalue weighted by Crippen LogP contribution is -2.33. The molecular formula is C32H35Br2NO5. The number of carboxylic acids is 1. The van der Waals surface area contributed by atoms with Crippen LogP contribution in [0, 0.1) is 6.92 Å². The van der Waals surface area contributed by atoms with E-state index in [-0.39, 0.29) is 18.1 Å². The molecular weight excluding hydrogens is 638 g/mol. The molecule has 0 aromatic heterocycles. The Morgan fingerprint density at radius 3 is 2.30 bits per heavy atom. The fourth-order valence-corrected chi connectivity index (χ4v) is 6.36. The second-order valence-corrected chi connectivity index (χ2v) is 12.3. The van der Waals surface area contributed by atoms with Gasteiger partial charge in [0.05, 0.1) is 20.9 Å². The van der Waals surface area contributed by atoms with Gasteiger partial charge in [-0.1, -0.05) is 44.0 Å². The van der Waals surface area contributed by atoms with Crippen LogP contribution in [0.2, 0.25) is 0 Å². The first-order valence-electron chi connectivity index (χ1n) is 13.6. The fraction of sp³-hybridized carbons (Fsp3) is 0.375. The zero-order chi connectivity index (χ0) is 28.8. The normalized spacial score (nSPS) is 13.8. The topological polar surface area (TPSA) is 76.1 Å². The van der Waals surface area contributed by atoms with Gasteiger partial charge in [0.2, 0.25) is 0 Å². The van der Waals surface area contributed by atoms with E-state index in [1.54, 1.807) is 18.2 Å². The number of likely N-dealkylation sites (tertiary alicyclic amines) is 1. The molecule has 0 saturated carbocycles. The van der Waals surface area contributed by atoms with Crippen LogP contribution in [0.1, 0.15) is 71.6 Å². The zero-order valence-corrected chi connectivity index (χ0v) is 26.3. The predicted octanol–water partition coefficient (Wildman–Crippen LogP) is 8.16. The standard InChI is InChI=1S/C32H35Br2NO5/c1-20(2)24-18-29(40-32-26(33)15-22(16-27(32)34)17-30(36)37)25(31(38)23-9-7-8-21(3)14-23)19-28(24)39-13-12-35-10-5-4-6-11-35/h7-9,14-16,18-20H,4-6,10-13,17H2,1-3H3,(H,36,37). The van der Waals surface area contributed by atoms with Crippen LogP contribution in [0.5, 0.6) is 17.2 Å². The van der Waals surface area contributed by atoms with Crippen molar-refractivity contribution >= 4 is 43.6 Å². The second kappa shape index (κ2) is 13.8. The average Bonchev–Trinajstić information content (AvgIpc) is 2.90. The molecule has 0 amide bonds. The number of aryl methyl sites for hydroxylation is 1. The Bertz CT molecular complexity index is 1360. The van der Waals surface area contributed by atoms with E-state index < -0.39 is 5.97 Å². The highest BCUT2D eigenvalue weighted by Gasteiger charge is 2.23. The number of hydrogen-bond donors (Lipinski definition) is 1. The Labute approximate surface area is 252 Å². The maximum Gasteiger partial charge on any atom is 0.307 e. The number of nitrogens with zero attached hydrogens (tertiary/aromatic N) is 1. The summed E-state index contributed by atoms with van der Waals surface area (Å²) in [5, 5.41) is 9.21. The number of aliphatic carboxylic acids is 1. The van der Waals surface area contributed by atoms with Crippen molar-refractivity contribution in [1.29, 1.82) is 0 Å². The van der Waals surface area contributed by atoms with E-state index in [1.807, 2.05) is 37.3 Å². The quantitative estimate of drug-likeness (QED) is 0.207. The summed E-state index contributed by atoms with van der Waals surface area (Å²) in [6.45, 7) is 9.71. The number of carbonyl (C=O) groups is 2. The first-order valence-corrected chi connectivity index (χ1v) is 15.2. The summed E-state index contributed by atoms with van der Waals surface area (Å²) < 4.78 is 13.9. The van der Waals surface area contributed by atoms with Gasteiger partial charge in [-0.3, -0.25) is 14.5 Å². The number of ketones is 1. The van der Waals surface area contributed by atoms with Crippen LogP contribution in [-0.2, 0) is 11.2 Å². The van der Waals surface area contributed by atoms with E-state index >= 15 is 0 Å². The molecule has 0 bridgehead atoms. The van der Waals surface area contributed by atoms with Gasteiger partial charge in [-0.25, -0.2) is 0 Å². The minimum Gasteiger partial charge on any atom is -0.492 e. The third-order valence-corrected chi connectivity index (χ3v) is 8.18. The first-order chi connectivity index (χ1) is 19.1. The van der Waals surface area contributed by atoms with Crippen molar-refractivity contribution in [2.45, 2.75) is 52.4 Å². The summed E-state index contributed by atoms with van der Waals surface area (Å²) in [7, 11) is 0. The number of ether oxygens (including phenoxy) is 2. The van der Waals surface area contributed by atoms with Gasteiger partial charge >= 0.3 is 5.97 Å². The van der Waals surface area contributed by atoms with Crippen molar-refractivity contribution < 1.29 is 24.2 Å². The predicted molar refractivity (Wildman–Crippen MR) is 164 cm³/mol. The highest BCUT2D eigenvalue weighted by Crippen LogP contribution is 2.42. The SMILES string of the molecule is Cc1cccc(C(=O)c2cc(OCCN3CCCCC3)c(C(C)C)cc2Oc2c(Br)cc(CC(=O)O)cc2Br)c1. The molecule has 0 spiro atoms. The Kier molecular flexibility index (Phi) is 10.4. The van der Waals surface area contributed by atoms with E-state index in [2.05, 4.69) is 50.6 Å². The molecule has 1 fully saturated rings. The van der Waals surface area contributed by atoms with Crippen molar-refractivity contribution in [1.82, 2.24) is 4.90 Å². The molecule has 1 aliphatic heterocycles. The zero-order valence-electron chi connectivity index (χ0n) is 23.1. The maximum atomic E-state index is 13.9. The van der Waals surface area contributed by atoms with Crippen LogP contribution in [0.3, 0.4) is 0 Å². The number of hydrogen-bond acceptors (Lipinski definition) is 5. The van der Waals surface area contributed by atoms with Gasteiger partial charge in [-0.05, 0) is 107 Å². The van der Waals surface area contributed by atoms with E-state index in [9.17, 15) is 14.7 Å². The largest absolute Gasteiger partial charge is 0.492 e. The summed E-state index contributed by atoms with van der Waals surface area (Å²) in [5.74, 6) is 0.595. The van der Waals surface area contributed by atoms with Gasteiger partial charge in [0, 0.05) is 17.7 Å². The maximum absolute atomic E-state index is 13.9. The van der Waals surface area contributed by atoms with Crippen LogP contribution in [0.15, 0.2) is 57.5 Å². The lowest BCUT2D eigenvalue weighted by Gasteiger charge is -2.26. The van der Waals surface area contributed by atoms with Crippen LogP contribution in [-0.4, -0.2) is 48.0 Å². The van der Waals surface area contributed by atoms with Crippen molar-refractivity contribution in [2.75, 3.05) is 26.2 Å². The molecule has 1 saturated heterocycles. The molecule has 8 heteroatoms. The number of rotatable bonds is 11. The second-order valence-electron chi connectivity index (χ2n) is 10.6. The lowest BCUT2D eigenvalue weighted by molar-refractivity contribution is -0.136. The lowest BCUT2D eigenvalue weighted by atomic mass is 9.95. The van der Waals surface area contributed by atoms with Gasteiger partial charge in [-0.2, -0.15) is 0 Å². The van der Waals surface area contributed by atoms with Crippen LogP contribution >= 0.6 is 31.9 Å². The average molecular weight is 673 g/mol. The minimum atomic E-state index is -0.920. The molecule has 0 unspecified atom stereocenters. The molecule has 1 N–H and O–H groups in total. The van der Waals surface area contributed by atoms with E-state index in [0.29, 0.717) is 49.5 Å². The smallest absolute Gasteiger partial charge is 0.307 e. The minimum absolute atomic E-state index is 0.116. The summed E-state index contributed by atoms with van der Waals surface area (Å²) in [5.41, 5.74) is 3.52. The number of carboxylic acid groups (broad SMARTS) is 1. The van der Waals surface area contributed by atoms with Crippen molar-refractivity contribution in [2.24, 2.45) is 0 Å². The van der Waals surface area contributed by atoms with Crippen molar-refractivity contribution in [3.63, 3.8) is 0 Å². The fourth-order valence-electron chi connectivity index (χ4n) is 4.92. The molecule has 3 aromatic carbocycles. The number of halogens is 2. The van der Waals surface area contributed by atoms with Crippen molar-refractivity contribution in [3.8, 4) is 17.2 Å². The molecule has 0 aliphatic carbocycles. The molecule has 0 radical (unpaired) electrons. The molecule has 0 atom stereocenters. The first kappa shape index (κ1) is 30.3.